The molecular weight excluding hydrogens is 226 g/mol. The van der Waals surface area contributed by atoms with Gasteiger partial charge in [0.15, 0.2) is 0 Å². The molecule has 0 spiro atoms. The standard InChI is InChI=1S/C13H25N5/c1-4-6-11-12(15-8-5-7-10(2)3)16-9-17-13(11)18-14/h9-10H,4-8,14H2,1-3H3,(H2,15,16,17,18). The van der Waals surface area contributed by atoms with E-state index in [1.807, 2.05) is 0 Å². The molecule has 0 aliphatic heterocycles. The second-order valence-corrected chi connectivity index (χ2v) is 4.91. The molecule has 1 rings (SSSR count). The van der Waals surface area contributed by atoms with E-state index in [0.717, 1.165) is 48.9 Å². The molecule has 18 heavy (non-hydrogen) atoms. The van der Waals surface area contributed by atoms with Crippen molar-refractivity contribution in [2.45, 2.75) is 46.5 Å². The zero-order chi connectivity index (χ0) is 13.4. The number of aromatic nitrogens is 2. The van der Waals surface area contributed by atoms with Crippen LogP contribution in [0.1, 0.15) is 45.6 Å². The lowest BCUT2D eigenvalue weighted by Crippen LogP contribution is -2.15. The average Bonchev–Trinajstić information content (AvgIpc) is 2.36. The Morgan fingerprint density at radius 1 is 1.28 bits per heavy atom. The molecule has 1 aromatic rings. The quantitative estimate of drug-likeness (QED) is 0.376. The van der Waals surface area contributed by atoms with Crippen LogP contribution in [0.15, 0.2) is 6.33 Å². The smallest absolute Gasteiger partial charge is 0.148 e. The highest BCUT2D eigenvalue weighted by molar-refractivity contribution is 5.56. The van der Waals surface area contributed by atoms with Crippen molar-refractivity contribution in [3.05, 3.63) is 11.9 Å². The van der Waals surface area contributed by atoms with Gasteiger partial charge < -0.3 is 10.7 Å². The summed E-state index contributed by atoms with van der Waals surface area (Å²) < 4.78 is 0. The Hall–Kier alpha value is -1.36. The molecule has 0 saturated heterocycles. The highest BCUT2D eigenvalue weighted by Gasteiger charge is 2.09. The third-order valence-electron chi connectivity index (χ3n) is 2.83. The highest BCUT2D eigenvalue weighted by Crippen LogP contribution is 2.20. The van der Waals surface area contributed by atoms with E-state index in [1.165, 1.54) is 6.42 Å². The molecule has 0 amide bonds. The normalized spacial score (nSPS) is 10.7. The molecule has 0 saturated carbocycles. The topological polar surface area (TPSA) is 75.9 Å². The van der Waals surface area contributed by atoms with Crippen molar-refractivity contribution in [3.8, 4) is 0 Å². The molecule has 0 unspecified atom stereocenters. The maximum atomic E-state index is 5.48. The summed E-state index contributed by atoms with van der Waals surface area (Å²) in [5, 5.41) is 3.38. The zero-order valence-electron chi connectivity index (χ0n) is 11.7. The molecular formula is C13H25N5. The van der Waals surface area contributed by atoms with Crippen LogP contribution in [-0.2, 0) is 6.42 Å². The lowest BCUT2D eigenvalue weighted by Gasteiger charge is -2.13. The van der Waals surface area contributed by atoms with Gasteiger partial charge in [-0.1, -0.05) is 27.2 Å². The zero-order valence-corrected chi connectivity index (χ0v) is 11.7. The van der Waals surface area contributed by atoms with Crippen LogP contribution in [-0.4, -0.2) is 16.5 Å². The number of hydrogen-bond donors (Lipinski definition) is 3. The van der Waals surface area contributed by atoms with E-state index >= 15 is 0 Å². The minimum Gasteiger partial charge on any atom is -0.370 e. The van der Waals surface area contributed by atoms with Crippen LogP contribution in [0, 0.1) is 5.92 Å². The maximum Gasteiger partial charge on any atom is 0.148 e. The molecule has 4 N–H and O–H groups in total. The number of hydrogen-bond acceptors (Lipinski definition) is 5. The molecule has 5 heteroatoms. The first-order valence-corrected chi connectivity index (χ1v) is 6.73. The fourth-order valence-corrected chi connectivity index (χ4v) is 1.89. The molecule has 0 aliphatic rings. The van der Waals surface area contributed by atoms with Gasteiger partial charge in [-0.05, 0) is 25.2 Å². The Bertz CT molecular complexity index is 351. The number of nitrogens with two attached hydrogens (primary N) is 1. The van der Waals surface area contributed by atoms with Crippen LogP contribution in [0.2, 0.25) is 0 Å². The van der Waals surface area contributed by atoms with Gasteiger partial charge in [0.05, 0.1) is 0 Å². The Balaban J connectivity index is 2.63. The van der Waals surface area contributed by atoms with Crippen molar-refractivity contribution in [1.82, 2.24) is 9.97 Å². The molecule has 5 nitrogen and oxygen atoms in total. The minimum absolute atomic E-state index is 0.721. The number of nitrogen functional groups attached to an aromatic ring is 1. The van der Waals surface area contributed by atoms with Gasteiger partial charge in [0.25, 0.3) is 0 Å². The average molecular weight is 251 g/mol. The molecule has 0 fully saturated rings. The van der Waals surface area contributed by atoms with Gasteiger partial charge in [-0.3, -0.25) is 0 Å². The Kier molecular flexibility index (Phi) is 6.43. The first kappa shape index (κ1) is 14.7. The molecule has 0 atom stereocenters. The van der Waals surface area contributed by atoms with Gasteiger partial charge in [0.1, 0.15) is 18.0 Å². The third kappa shape index (κ3) is 4.49. The predicted molar refractivity (Wildman–Crippen MR) is 76.4 cm³/mol. The fraction of sp³-hybridized carbons (Fsp3) is 0.692. The van der Waals surface area contributed by atoms with E-state index in [9.17, 15) is 0 Å². The highest BCUT2D eigenvalue weighted by atomic mass is 15.3. The second-order valence-electron chi connectivity index (χ2n) is 4.91. The summed E-state index contributed by atoms with van der Waals surface area (Å²) in [5.41, 5.74) is 3.71. The molecule has 0 aliphatic carbocycles. The number of nitrogens with zero attached hydrogens (tertiary/aromatic N) is 2. The van der Waals surface area contributed by atoms with Gasteiger partial charge >= 0.3 is 0 Å². The van der Waals surface area contributed by atoms with Crippen molar-refractivity contribution < 1.29 is 0 Å². The summed E-state index contributed by atoms with van der Waals surface area (Å²) in [6.07, 6.45) is 5.89. The summed E-state index contributed by atoms with van der Waals surface area (Å²) >= 11 is 0. The molecule has 1 aromatic heterocycles. The van der Waals surface area contributed by atoms with Crippen molar-refractivity contribution in [1.29, 1.82) is 0 Å². The van der Waals surface area contributed by atoms with E-state index < -0.39 is 0 Å². The van der Waals surface area contributed by atoms with Crippen molar-refractivity contribution >= 4 is 11.6 Å². The minimum atomic E-state index is 0.721. The van der Waals surface area contributed by atoms with E-state index in [4.69, 9.17) is 5.84 Å². The van der Waals surface area contributed by atoms with Crippen molar-refractivity contribution in [2.24, 2.45) is 11.8 Å². The number of hydrazine groups is 1. The first-order chi connectivity index (χ1) is 8.69. The van der Waals surface area contributed by atoms with Gasteiger partial charge in [0.2, 0.25) is 0 Å². The summed E-state index contributed by atoms with van der Waals surface area (Å²) in [6, 6.07) is 0. The lowest BCUT2D eigenvalue weighted by atomic mass is 10.1. The van der Waals surface area contributed by atoms with Gasteiger partial charge in [-0.2, -0.15) is 0 Å². The van der Waals surface area contributed by atoms with E-state index in [0.29, 0.717) is 0 Å². The summed E-state index contributed by atoms with van der Waals surface area (Å²) in [6.45, 7) is 7.55. The number of rotatable bonds is 8. The third-order valence-corrected chi connectivity index (χ3v) is 2.83. The SMILES string of the molecule is CCCc1c(NN)ncnc1NCCCC(C)C. The summed E-state index contributed by atoms with van der Waals surface area (Å²) in [7, 11) is 0. The molecule has 0 bridgehead atoms. The fourth-order valence-electron chi connectivity index (χ4n) is 1.89. The lowest BCUT2D eigenvalue weighted by molar-refractivity contribution is 0.566. The van der Waals surface area contributed by atoms with Crippen LogP contribution in [0.5, 0.6) is 0 Å². The maximum absolute atomic E-state index is 5.48. The monoisotopic (exact) mass is 251 g/mol. The Morgan fingerprint density at radius 2 is 2.00 bits per heavy atom. The second kappa shape index (κ2) is 7.87. The van der Waals surface area contributed by atoms with Crippen molar-refractivity contribution in [2.75, 3.05) is 17.3 Å². The Labute approximate surface area is 110 Å². The van der Waals surface area contributed by atoms with Crippen molar-refractivity contribution in [3.63, 3.8) is 0 Å². The first-order valence-electron chi connectivity index (χ1n) is 6.73. The summed E-state index contributed by atoms with van der Waals surface area (Å²) in [5.74, 6) is 7.85. The van der Waals surface area contributed by atoms with Crippen LogP contribution < -0.4 is 16.6 Å². The van der Waals surface area contributed by atoms with Crippen LogP contribution in [0.4, 0.5) is 11.6 Å². The van der Waals surface area contributed by atoms with Gasteiger partial charge in [-0.25, -0.2) is 15.8 Å². The molecule has 102 valence electrons. The van der Waals surface area contributed by atoms with E-state index in [2.05, 4.69) is 41.5 Å². The van der Waals surface area contributed by atoms with Crippen LogP contribution in [0.25, 0.3) is 0 Å². The number of nitrogens with one attached hydrogen (secondary N) is 2. The van der Waals surface area contributed by atoms with Crippen LogP contribution >= 0.6 is 0 Å². The predicted octanol–water partition coefficient (Wildman–Crippen LogP) is 2.56. The molecule has 0 radical (unpaired) electrons. The molecule has 1 heterocycles. The van der Waals surface area contributed by atoms with Gasteiger partial charge in [0, 0.05) is 12.1 Å². The Morgan fingerprint density at radius 3 is 2.61 bits per heavy atom. The van der Waals surface area contributed by atoms with E-state index in [-0.39, 0.29) is 0 Å². The largest absolute Gasteiger partial charge is 0.370 e. The molecule has 0 aromatic carbocycles. The van der Waals surface area contributed by atoms with Gasteiger partial charge in [-0.15, -0.1) is 0 Å². The summed E-state index contributed by atoms with van der Waals surface area (Å²) in [4.78, 5) is 8.45. The number of anilines is 2. The van der Waals surface area contributed by atoms with E-state index in [1.54, 1.807) is 6.33 Å². The van der Waals surface area contributed by atoms with Crippen LogP contribution in [0.3, 0.4) is 0 Å².